The summed E-state index contributed by atoms with van der Waals surface area (Å²) in [5.74, 6) is -0.861. The van der Waals surface area contributed by atoms with Crippen molar-refractivity contribution in [3.05, 3.63) is 29.3 Å². The molecule has 1 aliphatic heterocycles. The van der Waals surface area contributed by atoms with E-state index in [-0.39, 0.29) is 17.7 Å². The predicted octanol–water partition coefficient (Wildman–Crippen LogP) is 1.61. The van der Waals surface area contributed by atoms with Gasteiger partial charge in [-0.3, -0.25) is 13.9 Å². The molecule has 9 heteroatoms. The normalized spacial score (nSPS) is 17.0. The zero-order valence-electron chi connectivity index (χ0n) is 14.9. The van der Waals surface area contributed by atoms with Crippen molar-refractivity contribution in [2.45, 2.75) is 32.2 Å². The second-order valence-electron chi connectivity index (χ2n) is 6.46. The summed E-state index contributed by atoms with van der Waals surface area (Å²) in [5.41, 5.74) is 5.72. The zero-order valence-corrected chi connectivity index (χ0v) is 16.5. The van der Waals surface area contributed by atoms with E-state index < -0.39 is 16.1 Å². The first kappa shape index (κ1) is 20.5. The van der Waals surface area contributed by atoms with Gasteiger partial charge in [-0.05, 0) is 43.5 Å². The molecule has 1 atom stereocenters. The number of benzene rings is 1. The molecule has 1 heterocycles. The van der Waals surface area contributed by atoms with Crippen molar-refractivity contribution in [2.24, 2.45) is 11.7 Å². The number of hydrogen-bond acceptors (Lipinski definition) is 4. The van der Waals surface area contributed by atoms with Crippen molar-refractivity contribution in [2.75, 3.05) is 23.7 Å². The highest BCUT2D eigenvalue weighted by molar-refractivity contribution is 7.92. The number of sulfonamides is 1. The largest absolute Gasteiger partial charge is 0.369 e. The second-order valence-corrected chi connectivity index (χ2v) is 8.76. The zero-order chi connectivity index (χ0) is 19.5. The van der Waals surface area contributed by atoms with E-state index in [1.807, 2.05) is 0 Å². The third-order valence-corrected chi connectivity index (χ3v) is 6.03. The first-order valence-corrected chi connectivity index (χ1v) is 10.7. The lowest BCUT2D eigenvalue weighted by Gasteiger charge is -2.37. The van der Waals surface area contributed by atoms with E-state index in [2.05, 4.69) is 0 Å². The number of halogens is 1. The first-order valence-electron chi connectivity index (χ1n) is 8.48. The van der Waals surface area contributed by atoms with Gasteiger partial charge in [0.25, 0.3) is 0 Å². The van der Waals surface area contributed by atoms with Crippen molar-refractivity contribution in [1.29, 1.82) is 0 Å². The Morgan fingerprint density at radius 1 is 1.27 bits per heavy atom. The molecule has 2 amide bonds. The van der Waals surface area contributed by atoms with Crippen LogP contribution in [0.5, 0.6) is 0 Å². The van der Waals surface area contributed by atoms with Crippen molar-refractivity contribution < 1.29 is 18.0 Å². The fraction of sp³-hybridized carbons (Fsp3) is 0.529. The van der Waals surface area contributed by atoms with Crippen molar-refractivity contribution in [1.82, 2.24) is 4.90 Å². The highest BCUT2D eigenvalue weighted by Gasteiger charge is 2.36. The van der Waals surface area contributed by atoms with Gasteiger partial charge in [-0.2, -0.15) is 0 Å². The summed E-state index contributed by atoms with van der Waals surface area (Å²) in [6.45, 7) is 2.55. The average molecular weight is 402 g/mol. The number of likely N-dealkylation sites (tertiary alicyclic amines) is 1. The number of carbonyl (C=O) groups is 2. The van der Waals surface area contributed by atoms with Gasteiger partial charge in [-0.15, -0.1) is 0 Å². The lowest BCUT2D eigenvalue weighted by Crippen LogP contribution is -2.53. The standard InChI is InChI=1S/C17H24ClN3O4S/c1-3-15(17(23)20-10-8-12(9-11-20)16(19)22)21(26(2,24)25)14-6-4-13(18)5-7-14/h4-7,12,15H,3,8-11H2,1-2H3,(H2,19,22)/t15-/m1/s1. The summed E-state index contributed by atoms with van der Waals surface area (Å²) in [7, 11) is -3.68. The van der Waals surface area contributed by atoms with Crippen molar-refractivity contribution >= 4 is 39.1 Å². The van der Waals surface area contributed by atoms with Crippen LogP contribution in [-0.2, 0) is 19.6 Å². The number of carbonyl (C=O) groups excluding carboxylic acids is 2. The molecule has 0 bridgehead atoms. The van der Waals surface area contributed by atoms with Crippen molar-refractivity contribution in [3.63, 3.8) is 0 Å². The molecular weight excluding hydrogens is 378 g/mol. The van der Waals surface area contributed by atoms with Crippen LogP contribution in [0, 0.1) is 5.92 Å². The van der Waals surface area contributed by atoms with Gasteiger partial charge in [-0.25, -0.2) is 8.42 Å². The van der Waals surface area contributed by atoms with E-state index in [1.54, 1.807) is 36.1 Å². The molecule has 0 aromatic heterocycles. The molecule has 2 rings (SSSR count). The van der Waals surface area contributed by atoms with Gasteiger partial charge < -0.3 is 10.6 Å². The Labute approximate surface area is 159 Å². The minimum atomic E-state index is -3.68. The fourth-order valence-corrected chi connectivity index (χ4v) is 4.56. The Kier molecular flexibility index (Phi) is 6.52. The van der Waals surface area contributed by atoms with E-state index in [9.17, 15) is 18.0 Å². The maximum absolute atomic E-state index is 13.0. The lowest BCUT2D eigenvalue weighted by atomic mass is 9.95. The third kappa shape index (κ3) is 4.67. The minimum absolute atomic E-state index is 0.235. The molecule has 26 heavy (non-hydrogen) atoms. The van der Waals surface area contributed by atoms with Crippen LogP contribution in [0.4, 0.5) is 5.69 Å². The summed E-state index contributed by atoms with van der Waals surface area (Å²) >= 11 is 5.89. The van der Waals surface area contributed by atoms with Crippen LogP contribution in [0.2, 0.25) is 5.02 Å². The van der Waals surface area contributed by atoms with E-state index >= 15 is 0 Å². The summed E-state index contributed by atoms with van der Waals surface area (Å²) < 4.78 is 26.0. The Balaban J connectivity index is 2.26. The molecule has 1 aliphatic rings. The number of nitrogens with zero attached hydrogens (tertiary/aromatic N) is 2. The number of rotatable bonds is 6. The summed E-state index contributed by atoms with van der Waals surface area (Å²) in [6, 6.07) is 5.49. The van der Waals surface area contributed by atoms with Crippen LogP contribution in [0.25, 0.3) is 0 Å². The molecule has 0 aliphatic carbocycles. The molecule has 1 fully saturated rings. The summed E-state index contributed by atoms with van der Waals surface area (Å²) in [5, 5.41) is 0.482. The molecule has 2 N–H and O–H groups in total. The van der Waals surface area contributed by atoms with Crippen LogP contribution in [0.1, 0.15) is 26.2 Å². The second kappa shape index (κ2) is 8.26. The topological polar surface area (TPSA) is 101 Å². The Morgan fingerprint density at radius 3 is 2.23 bits per heavy atom. The van der Waals surface area contributed by atoms with Gasteiger partial charge in [0.1, 0.15) is 6.04 Å². The van der Waals surface area contributed by atoms with E-state index in [4.69, 9.17) is 17.3 Å². The third-order valence-electron chi connectivity index (χ3n) is 4.60. The van der Waals surface area contributed by atoms with Gasteiger partial charge in [0.15, 0.2) is 0 Å². The molecule has 0 unspecified atom stereocenters. The van der Waals surface area contributed by atoms with Gasteiger partial charge >= 0.3 is 0 Å². The van der Waals surface area contributed by atoms with Crippen LogP contribution in [-0.4, -0.2) is 50.5 Å². The summed E-state index contributed by atoms with van der Waals surface area (Å²) in [4.78, 5) is 25.9. The SMILES string of the molecule is CC[C@H](C(=O)N1CCC(C(N)=O)CC1)N(c1ccc(Cl)cc1)S(C)(=O)=O. The number of piperidine rings is 1. The highest BCUT2D eigenvalue weighted by Crippen LogP contribution is 2.26. The quantitative estimate of drug-likeness (QED) is 0.782. The minimum Gasteiger partial charge on any atom is -0.369 e. The smallest absolute Gasteiger partial charge is 0.246 e. The van der Waals surface area contributed by atoms with Crippen molar-refractivity contribution in [3.8, 4) is 0 Å². The Hall–Kier alpha value is -1.80. The molecule has 0 radical (unpaired) electrons. The number of hydrogen-bond donors (Lipinski definition) is 1. The number of primary amides is 1. The maximum Gasteiger partial charge on any atom is 0.246 e. The average Bonchev–Trinajstić information content (AvgIpc) is 2.59. The maximum atomic E-state index is 13.0. The van der Waals surface area contributed by atoms with Crippen LogP contribution in [0.3, 0.4) is 0 Å². The van der Waals surface area contributed by atoms with Gasteiger partial charge in [0.05, 0.1) is 11.9 Å². The van der Waals surface area contributed by atoms with Gasteiger partial charge in [-0.1, -0.05) is 18.5 Å². The van der Waals surface area contributed by atoms with Gasteiger partial charge in [0.2, 0.25) is 21.8 Å². The molecule has 0 spiro atoms. The highest BCUT2D eigenvalue weighted by atomic mass is 35.5. The molecule has 144 valence electrons. The monoisotopic (exact) mass is 401 g/mol. The number of nitrogens with two attached hydrogens (primary N) is 1. The van der Waals surface area contributed by atoms with E-state index in [0.717, 1.165) is 10.6 Å². The van der Waals surface area contributed by atoms with E-state index in [1.165, 1.54) is 0 Å². The Morgan fingerprint density at radius 2 is 1.81 bits per heavy atom. The molecule has 7 nitrogen and oxygen atoms in total. The number of anilines is 1. The molecular formula is C17H24ClN3O4S. The Bertz CT molecular complexity index is 759. The lowest BCUT2D eigenvalue weighted by molar-refractivity contribution is -0.135. The summed E-state index contributed by atoms with van der Waals surface area (Å²) in [6.07, 6.45) is 2.40. The van der Waals surface area contributed by atoms with Gasteiger partial charge in [0, 0.05) is 24.0 Å². The van der Waals surface area contributed by atoms with Crippen LogP contribution < -0.4 is 10.0 Å². The fourth-order valence-electron chi connectivity index (χ4n) is 3.23. The molecule has 0 saturated carbocycles. The molecule has 1 aromatic carbocycles. The first-order chi connectivity index (χ1) is 12.1. The van der Waals surface area contributed by atoms with Crippen LogP contribution >= 0.6 is 11.6 Å². The van der Waals surface area contributed by atoms with E-state index in [0.29, 0.717) is 43.1 Å². The predicted molar refractivity (Wildman–Crippen MR) is 101 cm³/mol. The molecule has 1 aromatic rings. The molecule has 1 saturated heterocycles. The van der Waals surface area contributed by atoms with Crippen LogP contribution in [0.15, 0.2) is 24.3 Å². The number of amides is 2.